The van der Waals surface area contributed by atoms with Gasteiger partial charge in [0.05, 0.1) is 17.7 Å². The summed E-state index contributed by atoms with van der Waals surface area (Å²) in [5.41, 5.74) is 1.52. The van der Waals surface area contributed by atoms with Crippen LogP contribution in [0, 0.1) is 17.0 Å². The molecule has 0 spiro atoms. The van der Waals surface area contributed by atoms with E-state index < -0.39 is 10.8 Å². The van der Waals surface area contributed by atoms with E-state index in [4.69, 9.17) is 16.3 Å². The number of anilines is 2. The van der Waals surface area contributed by atoms with Crippen LogP contribution in [-0.4, -0.2) is 25.0 Å². The van der Waals surface area contributed by atoms with Crippen LogP contribution in [0.2, 0.25) is 5.02 Å². The number of carbonyl (C=O) groups is 1. The third-order valence-electron chi connectivity index (χ3n) is 3.45. The number of aryl methyl sites for hydroxylation is 1. The summed E-state index contributed by atoms with van der Waals surface area (Å²) < 4.78 is 5.20. The first-order valence-electron chi connectivity index (χ1n) is 6.99. The summed E-state index contributed by atoms with van der Waals surface area (Å²) in [5, 5.41) is 17.0. The predicted molar refractivity (Wildman–Crippen MR) is 93.3 cm³/mol. The minimum Gasteiger partial charge on any atom is -0.495 e. The van der Waals surface area contributed by atoms with Crippen LogP contribution in [0.4, 0.5) is 17.1 Å². The van der Waals surface area contributed by atoms with E-state index in [9.17, 15) is 14.9 Å². The van der Waals surface area contributed by atoms with E-state index in [0.717, 1.165) is 5.56 Å². The number of benzene rings is 2. The molecule has 0 aromatic heterocycles. The molecule has 0 saturated carbocycles. The lowest BCUT2D eigenvalue weighted by Crippen LogP contribution is -2.13. The molecule has 0 heterocycles. The Labute approximate surface area is 143 Å². The molecule has 0 atom stereocenters. The molecule has 0 unspecified atom stereocenters. The predicted octanol–water partition coefficient (Wildman–Crippen LogP) is 3.86. The highest BCUT2D eigenvalue weighted by atomic mass is 35.5. The van der Waals surface area contributed by atoms with E-state index in [-0.39, 0.29) is 11.3 Å². The van der Waals surface area contributed by atoms with Crippen molar-refractivity contribution < 1.29 is 14.5 Å². The molecular weight excluding hydrogens is 334 g/mol. The standard InChI is InChI=1S/C16H16ClN3O4/c1-9-6-13(15(24-3)8-11(9)17)19-16(21)10-4-5-12(18-2)14(7-10)20(22)23/h4-8,18H,1-3H3,(H,19,21). The first kappa shape index (κ1) is 17.6. The van der Waals surface area contributed by atoms with Crippen molar-refractivity contribution in [3.8, 4) is 5.75 Å². The lowest BCUT2D eigenvalue weighted by molar-refractivity contribution is -0.384. The van der Waals surface area contributed by atoms with Crippen molar-refractivity contribution in [2.45, 2.75) is 6.92 Å². The number of nitro groups is 1. The lowest BCUT2D eigenvalue weighted by atomic mass is 10.1. The summed E-state index contributed by atoms with van der Waals surface area (Å²) in [6.45, 7) is 1.80. The summed E-state index contributed by atoms with van der Waals surface area (Å²) in [5.74, 6) is -0.0823. The SMILES string of the molecule is CNc1ccc(C(=O)Nc2cc(C)c(Cl)cc2OC)cc1[N+](=O)[O-]. The Morgan fingerprint density at radius 3 is 2.54 bits per heavy atom. The molecule has 0 aliphatic rings. The van der Waals surface area contributed by atoms with Gasteiger partial charge in [-0.1, -0.05) is 11.6 Å². The van der Waals surface area contributed by atoms with Gasteiger partial charge in [0.25, 0.3) is 11.6 Å². The Balaban J connectivity index is 2.35. The van der Waals surface area contributed by atoms with Gasteiger partial charge in [-0.3, -0.25) is 14.9 Å². The molecule has 2 rings (SSSR count). The lowest BCUT2D eigenvalue weighted by Gasteiger charge is -2.12. The Kier molecular flexibility index (Phi) is 5.25. The molecule has 24 heavy (non-hydrogen) atoms. The van der Waals surface area contributed by atoms with Crippen LogP contribution in [0.1, 0.15) is 15.9 Å². The zero-order valence-corrected chi connectivity index (χ0v) is 14.1. The smallest absolute Gasteiger partial charge is 0.293 e. The normalized spacial score (nSPS) is 10.2. The van der Waals surface area contributed by atoms with Crippen LogP contribution >= 0.6 is 11.6 Å². The van der Waals surface area contributed by atoms with E-state index in [2.05, 4.69) is 10.6 Å². The number of ether oxygens (including phenoxy) is 1. The fourth-order valence-corrected chi connectivity index (χ4v) is 2.31. The first-order chi connectivity index (χ1) is 11.4. The van der Waals surface area contributed by atoms with Crippen molar-refractivity contribution in [3.63, 3.8) is 0 Å². The highest BCUT2D eigenvalue weighted by molar-refractivity contribution is 6.31. The van der Waals surface area contributed by atoms with Gasteiger partial charge in [0, 0.05) is 29.8 Å². The Hall–Kier alpha value is -2.80. The second kappa shape index (κ2) is 7.18. The summed E-state index contributed by atoms with van der Waals surface area (Å²) in [6.07, 6.45) is 0. The molecule has 0 aliphatic carbocycles. The summed E-state index contributed by atoms with van der Waals surface area (Å²) in [6, 6.07) is 7.48. The van der Waals surface area contributed by atoms with Crippen molar-refractivity contribution in [3.05, 3.63) is 56.6 Å². The number of hydrogen-bond donors (Lipinski definition) is 2. The van der Waals surface area contributed by atoms with E-state index in [0.29, 0.717) is 22.1 Å². The Morgan fingerprint density at radius 1 is 1.25 bits per heavy atom. The van der Waals surface area contributed by atoms with Crippen molar-refractivity contribution in [1.29, 1.82) is 0 Å². The van der Waals surface area contributed by atoms with Crippen LogP contribution in [-0.2, 0) is 0 Å². The molecule has 0 saturated heterocycles. The molecule has 8 heteroatoms. The number of methoxy groups -OCH3 is 1. The number of nitrogens with one attached hydrogen (secondary N) is 2. The maximum atomic E-state index is 12.4. The van der Waals surface area contributed by atoms with Crippen molar-refractivity contribution >= 4 is 34.6 Å². The van der Waals surface area contributed by atoms with Crippen LogP contribution in [0.15, 0.2) is 30.3 Å². The molecule has 2 N–H and O–H groups in total. The number of hydrogen-bond acceptors (Lipinski definition) is 5. The van der Waals surface area contributed by atoms with Crippen molar-refractivity contribution in [2.24, 2.45) is 0 Å². The maximum absolute atomic E-state index is 12.4. The average Bonchev–Trinajstić information content (AvgIpc) is 2.57. The Bertz CT molecular complexity index is 808. The minimum atomic E-state index is -0.546. The second-order valence-corrected chi connectivity index (χ2v) is 5.40. The van der Waals surface area contributed by atoms with Gasteiger partial charge in [-0.15, -0.1) is 0 Å². The molecule has 0 radical (unpaired) electrons. The van der Waals surface area contributed by atoms with Crippen LogP contribution in [0.3, 0.4) is 0 Å². The van der Waals surface area contributed by atoms with E-state index in [1.54, 1.807) is 26.1 Å². The molecule has 0 bridgehead atoms. The number of nitrogens with zero attached hydrogens (tertiary/aromatic N) is 1. The van der Waals surface area contributed by atoms with E-state index >= 15 is 0 Å². The second-order valence-electron chi connectivity index (χ2n) is 4.99. The summed E-state index contributed by atoms with van der Waals surface area (Å²) in [4.78, 5) is 23.0. The molecule has 1 amide bonds. The fourth-order valence-electron chi connectivity index (χ4n) is 2.16. The number of carbonyl (C=O) groups excluding carboxylic acids is 1. The number of halogens is 1. The molecule has 0 fully saturated rings. The van der Waals surface area contributed by atoms with Gasteiger partial charge in [-0.25, -0.2) is 0 Å². The van der Waals surface area contributed by atoms with Gasteiger partial charge in [0.15, 0.2) is 0 Å². The molecule has 0 aliphatic heterocycles. The quantitative estimate of drug-likeness (QED) is 0.631. The van der Waals surface area contributed by atoms with Gasteiger partial charge in [-0.2, -0.15) is 0 Å². The van der Waals surface area contributed by atoms with Gasteiger partial charge < -0.3 is 15.4 Å². The topological polar surface area (TPSA) is 93.5 Å². The van der Waals surface area contributed by atoms with E-state index in [1.165, 1.54) is 25.3 Å². The van der Waals surface area contributed by atoms with E-state index in [1.807, 2.05) is 0 Å². The zero-order valence-electron chi connectivity index (χ0n) is 13.3. The monoisotopic (exact) mass is 349 g/mol. The minimum absolute atomic E-state index is 0.162. The van der Waals surface area contributed by atoms with Crippen molar-refractivity contribution in [2.75, 3.05) is 24.8 Å². The third kappa shape index (κ3) is 3.57. The molecule has 2 aromatic rings. The first-order valence-corrected chi connectivity index (χ1v) is 7.36. The van der Waals surface area contributed by atoms with Crippen LogP contribution in [0.25, 0.3) is 0 Å². The average molecular weight is 350 g/mol. The number of nitro benzene ring substituents is 1. The zero-order chi connectivity index (χ0) is 17.9. The highest BCUT2D eigenvalue weighted by Gasteiger charge is 2.18. The molecule has 126 valence electrons. The molecular formula is C16H16ClN3O4. The molecule has 7 nitrogen and oxygen atoms in total. The van der Waals surface area contributed by atoms with Gasteiger partial charge >= 0.3 is 0 Å². The highest BCUT2D eigenvalue weighted by Crippen LogP contribution is 2.32. The van der Waals surface area contributed by atoms with Crippen LogP contribution in [0.5, 0.6) is 5.75 Å². The maximum Gasteiger partial charge on any atom is 0.293 e. The third-order valence-corrected chi connectivity index (χ3v) is 3.86. The number of rotatable bonds is 5. The largest absolute Gasteiger partial charge is 0.495 e. The Morgan fingerprint density at radius 2 is 1.96 bits per heavy atom. The van der Waals surface area contributed by atoms with Gasteiger partial charge in [-0.05, 0) is 30.7 Å². The molecule has 2 aromatic carbocycles. The van der Waals surface area contributed by atoms with Gasteiger partial charge in [0.2, 0.25) is 0 Å². The fraction of sp³-hybridized carbons (Fsp3) is 0.188. The summed E-state index contributed by atoms with van der Waals surface area (Å²) >= 11 is 6.03. The number of amides is 1. The summed E-state index contributed by atoms with van der Waals surface area (Å²) in [7, 11) is 3.03. The van der Waals surface area contributed by atoms with Crippen molar-refractivity contribution in [1.82, 2.24) is 0 Å². The van der Waals surface area contributed by atoms with Gasteiger partial charge in [0.1, 0.15) is 11.4 Å². The van der Waals surface area contributed by atoms with Crippen LogP contribution < -0.4 is 15.4 Å².